The third-order valence-corrected chi connectivity index (χ3v) is 8.62. The van der Waals surface area contributed by atoms with Crippen molar-refractivity contribution in [1.82, 2.24) is 4.98 Å². The van der Waals surface area contributed by atoms with Gasteiger partial charge in [0.05, 0.1) is 0 Å². The molecule has 2 aromatic rings. The summed E-state index contributed by atoms with van der Waals surface area (Å²) in [6.07, 6.45) is 1.98. The third kappa shape index (κ3) is 3.73. The molecule has 1 aromatic heterocycles. The van der Waals surface area contributed by atoms with Crippen LogP contribution in [0.2, 0.25) is 14.8 Å². The molecule has 18 heavy (non-hydrogen) atoms. The van der Waals surface area contributed by atoms with Crippen LogP contribution in [0.3, 0.4) is 0 Å². The summed E-state index contributed by atoms with van der Waals surface area (Å²) in [4.78, 5) is 11.5. The summed E-state index contributed by atoms with van der Waals surface area (Å²) in [6, 6.07) is 14.3. The van der Waals surface area contributed by atoms with Crippen LogP contribution in [-0.2, 0) is 6.61 Å². The Morgan fingerprint density at radius 2 is 1.72 bits per heavy atom. The molecule has 0 unspecified atom stereocenters. The summed E-state index contributed by atoms with van der Waals surface area (Å²) in [5.74, 6) is 0.707. The second-order valence-corrected chi connectivity index (χ2v) is 19.9. The summed E-state index contributed by atoms with van der Waals surface area (Å²) < 4.78 is 7.10. The fraction of sp³-hybridized carbons (Fsp3) is 0.267. The minimum absolute atomic E-state index is 0.575. The Bertz CT molecular complexity index is 488. The Balaban J connectivity index is 1.99. The first-order valence-corrected chi connectivity index (χ1v) is 16.2. The Morgan fingerprint density at radius 1 is 1.00 bits per heavy atom. The fourth-order valence-corrected chi connectivity index (χ4v) is 4.60. The molecule has 0 aliphatic rings. The molecule has 2 rings (SSSR count). The van der Waals surface area contributed by atoms with Crippen molar-refractivity contribution in [2.45, 2.75) is 21.4 Å². The van der Waals surface area contributed by atoms with Gasteiger partial charge in [0.25, 0.3) is 0 Å². The van der Waals surface area contributed by atoms with E-state index < -0.39 is 18.4 Å². The fourth-order valence-electron chi connectivity index (χ4n) is 1.64. The number of nitrogens with zero attached hydrogens (tertiary/aromatic N) is 1. The summed E-state index contributed by atoms with van der Waals surface area (Å²) in [7, 11) is 0. The van der Waals surface area contributed by atoms with Crippen LogP contribution < -0.4 is 8.32 Å². The first-order valence-electron chi connectivity index (χ1n) is 6.19. The molecule has 3 heteroatoms. The van der Waals surface area contributed by atoms with Gasteiger partial charge in [0.2, 0.25) is 0 Å². The van der Waals surface area contributed by atoms with Crippen molar-refractivity contribution in [3.05, 3.63) is 54.2 Å². The summed E-state index contributed by atoms with van der Waals surface area (Å²) in [5, 5.41) is 0. The van der Waals surface area contributed by atoms with Crippen LogP contribution in [0.15, 0.2) is 48.7 Å². The Labute approximate surface area is 113 Å². The van der Waals surface area contributed by atoms with E-state index in [1.807, 2.05) is 30.5 Å². The molecular weight excluding hydrogens is 329 g/mol. The number of benzene rings is 1. The van der Waals surface area contributed by atoms with E-state index in [1.165, 1.54) is 9.14 Å². The Kier molecular flexibility index (Phi) is 4.27. The van der Waals surface area contributed by atoms with Gasteiger partial charge in [-0.3, -0.25) is 0 Å². The molecule has 0 aliphatic carbocycles. The van der Waals surface area contributed by atoms with Gasteiger partial charge in [-0.05, 0) is 0 Å². The van der Waals surface area contributed by atoms with Crippen molar-refractivity contribution in [2.24, 2.45) is 0 Å². The summed E-state index contributed by atoms with van der Waals surface area (Å²) in [6.45, 7) is 0.575. The monoisotopic (exact) mass is 349 g/mol. The quantitative estimate of drug-likeness (QED) is 0.792. The first kappa shape index (κ1) is 13.4. The number of pyridine rings is 1. The molecule has 1 heterocycles. The van der Waals surface area contributed by atoms with Gasteiger partial charge in [-0.2, -0.15) is 0 Å². The van der Waals surface area contributed by atoms with E-state index in [0.29, 0.717) is 12.5 Å². The molecule has 0 saturated heterocycles. The number of hydrogen-bond donors (Lipinski definition) is 0. The van der Waals surface area contributed by atoms with Crippen LogP contribution in [0, 0.1) is 0 Å². The van der Waals surface area contributed by atoms with Gasteiger partial charge >= 0.3 is 113 Å². The molecule has 0 radical (unpaired) electrons. The molecule has 2 nitrogen and oxygen atoms in total. The average Bonchev–Trinajstić information content (AvgIpc) is 2.37. The average molecular weight is 348 g/mol. The predicted molar refractivity (Wildman–Crippen MR) is 78.0 cm³/mol. The van der Waals surface area contributed by atoms with Crippen LogP contribution in [0.5, 0.6) is 5.88 Å². The van der Waals surface area contributed by atoms with E-state index in [2.05, 4.69) is 38.0 Å². The van der Waals surface area contributed by atoms with Crippen molar-refractivity contribution >= 4 is 22.0 Å². The van der Waals surface area contributed by atoms with E-state index in [9.17, 15) is 0 Å². The van der Waals surface area contributed by atoms with Crippen molar-refractivity contribution < 1.29 is 4.74 Å². The molecule has 94 valence electrons. The number of aromatic nitrogens is 1. The van der Waals surface area contributed by atoms with E-state index in [1.54, 1.807) is 0 Å². The zero-order valence-electron chi connectivity index (χ0n) is 11.2. The Hall–Kier alpha value is -1.03. The number of rotatable bonds is 4. The van der Waals surface area contributed by atoms with Gasteiger partial charge in [-0.25, -0.2) is 0 Å². The van der Waals surface area contributed by atoms with Crippen LogP contribution in [0.4, 0.5) is 0 Å². The summed E-state index contributed by atoms with van der Waals surface area (Å²) in [5.41, 5.74) is 1.17. The summed E-state index contributed by atoms with van der Waals surface area (Å²) >= 11 is -1.97. The van der Waals surface area contributed by atoms with E-state index in [-0.39, 0.29) is 0 Å². The molecule has 0 fully saturated rings. The number of ether oxygens (including phenoxy) is 1. The van der Waals surface area contributed by atoms with Gasteiger partial charge in [0, 0.05) is 0 Å². The number of hydrogen-bond acceptors (Lipinski definition) is 2. The topological polar surface area (TPSA) is 22.1 Å². The van der Waals surface area contributed by atoms with Crippen LogP contribution in [-0.4, -0.2) is 23.4 Å². The molecule has 0 amide bonds. The second-order valence-electron chi connectivity index (χ2n) is 5.41. The SMILES string of the molecule is [CH3][Sn]([CH3])([CH3])[c]1ccc(OCc2ccccc2)nc1. The van der Waals surface area contributed by atoms with E-state index in [4.69, 9.17) is 4.74 Å². The standard InChI is InChI=1S/C12H10NO.3CH3.Sn/c1-2-6-11(7-3-1)10-14-12-8-4-5-9-13-12;;;;/h1-4,6-9H,10H2;3*1H3;. The maximum atomic E-state index is 5.67. The zero-order valence-corrected chi connectivity index (χ0v) is 14.0. The van der Waals surface area contributed by atoms with Crippen LogP contribution in [0.1, 0.15) is 5.56 Å². The van der Waals surface area contributed by atoms with Crippen molar-refractivity contribution in [3.8, 4) is 5.88 Å². The van der Waals surface area contributed by atoms with Crippen molar-refractivity contribution in [3.63, 3.8) is 0 Å². The molecule has 0 N–H and O–H groups in total. The first-order chi connectivity index (χ1) is 8.55. The normalized spacial score (nSPS) is 11.3. The van der Waals surface area contributed by atoms with Crippen LogP contribution in [0.25, 0.3) is 0 Å². The molecule has 0 saturated carbocycles. The molecule has 0 spiro atoms. The van der Waals surface area contributed by atoms with Gasteiger partial charge < -0.3 is 0 Å². The second kappa shape index (κ2) is 5.74. The predicted octanol–water partition coefficient (Wildman–Crippen LogP) is 3.21. The van der Waals surface area contributed by atoms with Gasteiger partial charge in [-0.15, -0.1) is 0 Å². The van der Waals surface area contributed by atoms with Gasteiger partial charge in [0.15, 0.2) is 0 Å². The molecular formula is C15H19NOSn. The van der Waals surface area contributed by atoms with Gasteiger partial charge in [-0.1, -0.05) is 0 Å². The van der Waals surface area contributed by atoms with Crippen molar-refractivity contribution in [2.75, 3.05) is 0 Å². The zero-order chi connectivity index (χ0) is 13.0. The molecule has 1 aromatic carbocycles. The Morgan fingerprint density at radius 3 is 2.28 bits per heavy atom. The van der Waals surface area contributed by atoms with Gasteiger partial charge in [0.1, 0.15) is 0 Å². The molecule has 0 aliphatic heterocycles. The van der Waals surface area contributed by atoms with Crippen molar-refractivity contribution in [1.29, 1.82) is 0 Å². The molecule has 0 atom stereocenters. The van der Waals surface area contributed by atoms with E-state index >= 15 is 0 Å². The minimum atomic E-state index is -1.97. The molecule has 0 bridgehead atoms. The van der Waals surface area contributed by atoms with E-state index in [0.717, 1.165) is 0 Å². The third-order valence-electron chi connectivity index (χ3n) is 2.83. The van der Waals surface area contributed by atoms with Crippen LogP contribution >= 0.6 is 0 Å². The maximum absolute atomic E-state index is 5.67.